The van der Waals surface area contributed by atoms with E-state index in [0.29, 0.717) is 16.9 Å². The smallest absolute Gasteiger partial charge is 0.171 e. The second-order valence-electron chi connectivity index (χ2n) is 6.78. The molecule has 0 saturated heterocycles. The van der Waals surface area contributed by atoms with Crippen LogP contribution in [0.5, 0.6) is 5.75 Å². The number of halogens is 1. The zero-order valence-electron chi connectivity index (χ0n) is 12.8. The van der Waals surface area contributed by atoms with E-state index < -0.39 is 0 Å². The van der Waals surface area contributed by atoms with E-state index >= 15 is 0 Å². The first-order chi connectivity index (χ1) is 9.80. The van der Waals surface area contributed by atoms with Crippen molar-refractivity contribution in [1.29, 1.82) is 0 Å². The van der Waals surface area contributed by atoms with E-state index in [4.69, 9.17) is 15.7 Å². The molecular formula is C16H23BrN2O2. The Balaban J connectivity index is 2.12. The highest BCUT2D eigenvalue weighted by Crippen LogP contribution is 2.40. The number of hydrogen-bond donors (Lipinski definition) is 2. The first kappa shape index (κ1) is 16.1. The summed E-state index contributed by atoms with van der Waals surface area (Å²) in [6.45, 7) is 6.89. The summed E-state index contributed by atoms with van der Waals surface area (Å²) in [5.41, 5.74) is 6.59. The van der Waals surface area contributed by atoms with Crippen LogP contribution >= 0.6 is 15.9 Å². The third-order valence-electron chi connectivity index (χ3n) is 3.97. The van der Waals surface area contributed by atoms with E-state index in [1.165, 1.54) is 6.42 Å². The molecule has 0 spiro atoms. The van der Waals surface area contributed by atoms with Crippen molar-refractivity contribution in [1.82, 2.24) is 0 Å². The molecule has 0 aliphatic heterocycles. The SMILES string of the molecule is CC1CC(Oc2ccc(/C(N)=N/O)c(Br)c2)CC(C)(C)C1. The van der Waals surface area contributed by atoms with Gasteiger partial charge in [-0.1, -0.05) is 25.9 Å². The molecule has 3 N–H and O–H groups in total. The van der Waals surface area contributed by atoms with Crippen molar-refractivity contribution >= 4 is 21.8 Å². The van der Waals surface area contributed by atoms with Crippen LogP contribution in [0.2, 0.25) is 0 Å². The fourth-order valence-electron chi connectivity index (χ4n) is 3.37. The number of benzene rings is 1. The van der Waals surface area contributed by atoms with Gasteiger partial charge in [0, 0.05) is 10.0 Å². The normalized spacial score (nSPS) is 25.6. The van der Waals surface area contributed by atoms with Crippen LogP contribution in [0.3, 0.4) is 0 Å². The minimum atomic E-state index is 0.0841. The molecule has 2 atom stereocenters. The molecule has 1 fully saturated rings. The number of rotatable bonds is 3. The van der Waals surface area contributed by atoms with Gasteiger partial charge in [-0.25, -0.2) is 0 Å². The Morgan fingerprint density at radius 3 is 2.71 bits per heavy atom. The van der Waals surface area contributed by atoms with Gasteiger partial charge in [0.2, 0.25) is 0 Å². The van der Waals surface area contributed by atoms with Gasteiger partial charge in [-0.2, -0.15) is 0 Å². The molecule has 0 radical (unpaired) electrons. The van der Waals surface area contributed by atoms with Gasteiger partial charge < -0.3 is 15.7 Å². The van der Waals surface area contributed by atoms with Crippen LogP contribution in [0.15, 0.2) is 27.8 Å². The fraction of sp³-hybridized carbons (Fsp3) is 0.562. The van der Waals surface area contributed by atoms with Gasteiger partial charge in [0.25, 0.3) is 0 Å². The topological polar surface area (TPSA) is 67.8 Å². The molecule has 4 nitrogen and oxygen atoms in total. The van der Waals surface area contributed by atoms with Crippen molar-refractivity contribution in [3.8, 4) is 5.75 Å². The van der Waals surface area contributed by atoms with Crippen molar-refractivity contribution in [2.24, 2.45) is 22.2 Å². The van der Waals surface area contributed by atoms with Crippen molar-refractivity contribution in [3.63, 3.8) is 0 Å². The fourth-order valence-corrected chi connectivity index (χ4v) is 3.93. The summed E-state index contributed by atoms with van der Waals surface area (Å²) < 4.78 is 6.90. The maximum Gasteiger partial charge on any atom is 0.171 e. The maximum atomic E-state index is 8.74. The monoisotopic (exact) mass is 354 g/mol. The van der Waals surface area contributed by atoms with E-state index in [1.807, 2.05) is 12.1 Å². The third-order valence-corrected chi connectivity index (χ3v) is 4.63. The van der Waals surface area contributed by atoms with Crippen molar-refractivity contribution in [3.05, 3.63) is 28.2 Å². The van der Waals surface area contributed by atoms with Gasteiger partial charge in [-0.05, 0) is 64.7 Å². The van der Waals surface area contributed by atoms with Crippen LogP contribution in [-0.4, -0.2) is 17.1 Å². The summed E-state index contributed by atoms with van der Waals surface area (Å²) in [6, 6.07) is 5.54. The third kappa shape index (κ3) is 4.13. The zero-order chi connectivity index (χ0) is 15.6. The molecule has 21 heavy (non-hydrogen) atoms. The molecule has 1 aliphatic carbocycles. The molecule has 1 saturated carbocycles. The predicted molar refractivity (Wildman–Crippen MR) is 87.9 cm³/mol. The molecule has 1 aliphatic rings. The summed E-state index contributed by atoms with van der Waals surface area (Å²) in [5, 5.41) is 11.8. The maximum absolute atomic E-state index is 8.74. The van der Waals surface area contributed by atoms with Gasteiger partial charge >= 0.3 is 0 Å². The molecule has 2 rings (SSSR count). The number of ether oxygens (including phenoxy) is 1. The van der Waals surface area contributed by atoms with Crippen LogP contribution in [0, 0.1) is 11.3 Å². The van der Waals surface area contributed by atoms with Gasteiger partial charge in [-0.15, -0.1) is 0 Å². The van der Waals surface area contributed by atoms with Gasteiger partial charge in [0.1, 0.15) is 5.75 Å². The largest absolute Gasteiger partial charge is 0.490 e. The van der Waals surface area contributed by atoms with Crippen LogP contribution in [0.4, 0.5) is 0 Å². The van der Waals surface area contributed by atoms with E-state index in [0.717, 1.165) is 23.1 Å². The number of oxime groups is 1. The minimum absolute atomic E-state index is 0.0841. The van der Waals surface area contributed by atoms with E-state index in [9.17, 15) is 0 Å². The number of nitrogens with two attached hydrogens (primary N) is 1. The second kappa shape index (κ2) is 6.26. The molecule has 5 heteroatoms. The molecule has 1 aromatic carbocycles. The lowest BCUT2D eigenvalue weighted by Gasteiger charge is -2.38. The molecule has 1 aromatic rings. The highest BCUT2D eigenvalue weighted by molar-refractivity contribution is 9.10. The lowest BCUT2D eigenvalue weighted by molar-refractivity contribution is 0.0562. The lowest BCUT2D eigenvalue weighted by Crippen LogP contribution is -2.34. The standard InChI is InChI=1S/C16H23BrN2O2/c1-10-6-12(9-16(2,3)8-10)21-11-4-5-13(14(17)7-11)15(18)19-20/h4-5,7,10,12,20H,6,8-9H2,1-3H3,(H2,18,19). The first-order valence-electron chi connectivity index (χ1n) is 7.25. The average molecular weight is 355 g/mol. The number of hydrogen-bond acceptors (Lipinski definition) is 3. The summed E-state index contributed by atoms with van der Waals surface area (Å²) >= 11 is 3.44. The van der Waals surface area contributed by atoms with E-state index in [1.54, 1.807) is 6.07 Å². The van der Waals surface area contributed by atoms with Gasteiger partial charge in [0.15, 0.2) is 5.84 Å². The van der Waals surface area contributed by atoms with Crippen LogP contribution in [-0.2, 0) is 0 Å². The summed E-state index contributed by atoms with van der Waals surface area (Å²) in [7, 11) is 0. The molecule has 0 heterocycles. The Kier molecular flexibility index (Phi) is 4.81. The molecule has 0 amide bonds. The van der Waals surface area contributed by atoms with Crippen LogP contribution < -0.4 is 10.5 Å². The van der Waals surface area contributed by atoms with Crippen molar-refractivity contribution < 1.29 is 9.94 Å². The Hall–Kier alpha value is -1.23. The Morgan fingerprint density at radius 2 is 2.14 bits per heavy atom. The Morgan fingerprint density at radius 1 is 1.43 bits per heavy atom. The number of nitrogens with zero attached hydrogens (tertiary/aromatic N) is 1. The average Bonchev–Trinajstić information content (AvgIpc) is 2.35. The second-order valence-corrected chi connectivity index (χ2v) is 7.63. The Labute approximate surface area is 134 Å². The molecule has 2 unspecified atom stereocenters. The summed E-state index contributed by atoms with van der Waals surface area (Å²) in [5.74, 6) is 1.57. The van der Waals surface area contributed by atoms with E-state index in [-0.39, 0.29) is 11.9 Å². The molecule has 0 bridgehead atoms. The highest BCUT2D eigenvalue weighted by atomic mass is 79.9. The van der Waals surface area contributed by atoms with Crippen molar-refractivity contribution in [2.75, 3.05) is 0 Å². The molecule has 0 aromatic heterocycles. The van der Waals surface area contributed by atoms with Gasteiger partial charge in [-0.3, -0.25) is 0 Å². The Bertz CT molecular complexity index is 543. The van der Waals surface area contributed by atoms with Crippen LogP contribution in [0.1, 0.15) is 45.6 Å². The summed E-state index contributed by atoms with van der Waals surface area (Å²) in [4.78, 5) is 0. The first-order valence-corrected chi connectivity index (χ1v) is 8.04. The predicted octanol–water partition coefficient (Wildman–Crippen LogP) is 4.14. The highest BCUT2D eigenvalue weighted by Gasteiger charge is 2.33. The zero-order valence-corrected chi connectivity index (χ0v) is 14.4. The molecule has 116 valence electrons. The van der Waals surface area contributed by atoms with Gasteiger partial charge in [0.05, 0.1) is 6.10 Å². The summed E-state index contributed by atoms with van der Waals surface area (Å²) in [6.07, 6.45) is 3.64. The van der Waals surface area contributed by atoms with Crippen LogP contribution in [0.25, 0.3) is 0 Å². The van der Waals surface area contributed by atoms with E-state index in [2.05, 4.69) is 41.9 Å². The quantitative estimate of drug-likeness (QED) is 0.371. The minimum Gasteiger partial charge on any atom is -0.490 e. The van der Waals surface area contributed by atoms with Crippen molar-refractivity contribution in [2.45, 2.75) is 46.1 Å². The molecular weight excluding hydrogens is 332 g/mol. The number of amidine groups is 1. The lowest BCUT2D eigenvalue weighted by atomic mass is 9.71.